The van der Waals surface area contributed by atoms with Crippen molar-refractivity contribution < 1.29 is 9.53 Å². The molecular formula is C18H18N4O2S. The molecule has 6 nitrogen and oxygen atoms in total. The largest absolute Gasteiger partial charge is 0.467 e. The number of piperidine rings is 1. The first kappa shape index (κ1) is 16.0. The van der Waals surface area contributed by atoms with Crippen LogP contribution in [0.15, 0.2) is 36.8 Å². The Morgan fingerprint density at radius 1 is 1.28 bits per heavy atom. The maximum absolute atomic E-state index is 12.4. The Balaban J connectivity index is 1.38. The SMILES string of the molecule is Cc1cccc2sc(OC3CCN(C(=O)c4cnccn4)CC3)nc12. The van der Waals surface area contributed by atoms with Crippen molar-refractivity contribution >= 4 is 27.5 Å². The number of benzene rings is 1. The van der Waals surface area contributed by atoms with Gasteiger partial charge in [-0.2, -0.15) is 0 Å². The van der Waals surface area contributed by atoms with E-state index in [1.165, 1.54) is 12.4 Å². The summed E-state index contributed by atoms with van der Waals surface area (Å²) < 4.78 is 7.21. The van der Waals surface area contributed by atoms with Crippen molar-refractivity contribution in [3.05, 3.63) is 48.0 Å². The maximum Gasteiger partial charge on any atom is 0.274 e. The number of hydrogen-bond acceptors (Lipinski definition) is 6. The Labute approximate surface area is 149 Å². The summed E-state index contributed by atoms with van der Waals surface area (Å²) >= 11 is 1.58. The monoisotopic (exact) mass is 354 g/mol. The zero-order valence-electron chi connectivity index (χ0n) is 13.9. The van der Waals surface area contributed by atoms with E-state index < -0.39 is 0 Å². The van der Waals surface area contributed by atoms with Crippen LogP contribution < -0.4 is 4.74 Å². The Morgan fingerprint density at radius 3 is 2.84 bits per heavy atom. The number of likely N-dealkylation sites (tertiary alicyclic amines) is 1. The standard InChI is InChI=1S/C18H18N4O2S/c1-12-3-2-4-15-16(12)21-18(25-15)24-13-5-9-22(10-6-13)17(23)14-11-19-7-8-20-14/h2-4,7-8,11,13H,5-6,9-10H2,1H3. The lowest BCUT2D eigenvalue weighted by molar-refractivity contribution is 0.0589. The van der Waals surface area contributed by atoms with Crippen molar-refractivity contribution in [2.75, 3.05) is 13.1 Å². The molecule has 1 aliphatic rings. The van der Waals surface area contributed by atoms with Crippen molar-refractivity contribution in [2.45, 2.75) is 25.9 Å². The van der Waals surface area contributed by atoms with Gasteiger partial charge in [-0.05, 0) is 18.6 Å². The summed E-state index contributed by atoms with van der Waals surface area (Å²) in [7, 11) is 0. The van der Waals surface area contributed by atoms with Gasteiger partial charge < -0.3 is 9.64 Å². The van der Waals surface area contributed by atoms with Crippen LogP contribution in [0.5, 0.6) is 5.19 Å². The molecule has 3 heterocycles. The van der Waals surface area contributed by atoms with E-state index in [2.05, 4.69) is 34.0 Å². The van der Waals surface area contributed by atoms with Gasteiger partial charge in [0.2, 0.25) is 0 Å². The third-order valence-corrected chi connectivity index (χ3v) is 5.29. The van der Waals surface area contributed by atoms with Crippen LogP contribution in [-0.4, -0.2) is 45.0 Å². The molecule has 1 saturated heterocycles. The van der Waals surface area contributed by atoms with Crippen molar-refractivity contribution in [3.8, 4) is 5.19 Å². The zero-order chi connectivity index (χ0) is 17.2. The van der Waals surface area contributed by atoms with Gasteiger partial charge in [-0.1, -0.05) is 23.5 Å². The first-order valence-corrected chi connectivity index (χ1v) is 9.10. The minimum Gasteiger partial charge on any atom is -0.467 e. The summed E-state index contributed by atoms with van der Waals surface area (Å²) in [5.41, 5.74) is 2.56. The molecule has 0 bridgehead atoms. The lowest BCUT2D eigenvalue weighted by Crippen LogP contribution is -2.42. The number of fused-ring (bicyclic) bond motifs is 1. The highest BCUT2D eigenvalue weighted by Crippen LogP contribution is 2.31. The van der Waals surface area contributed by atoms with Crippen molar-refractivity contribution in [1.82, 2.24) is 19.9 Å². The molecule has 128 valence electrons. The van der Waals surface area contributed by atoms with Gasteiger partial charge in [0, 0.05) is 38.3 Å². The number of ether oxygens (including phenoxy) is 1. The molecular weight excluding hydrogens is 336 g/mol. The first-order valence-electron chi connectivity index (χ1n) is 8.29. The molecule has 25 heavy (non-hydrogen) atoms. The quantitative estimate of drug-likeness (QED) is 0.723. The van der Waals surface area contributed by atoms with E-state index in [4.69, 9.17) is 4.74 Å². The lowest BCUT2D eigenvalue weighted by Gasteiger charge is -2.31. The average Bonchev–Trinajstić information content (AvgIpc) is 3.06. The van der Waals surface area contributed by atoms with Crippen LogP contribution in [-0.2, 0) is 0 Å². The molecule has 0 aliphatic carbocycles. The third-order valence-electron chi connectivity index (χ3n) is 4.38. The number of para-hydroxylation sites is 1. The van der Waals surface area contributed by atoms with Crippen LogP contribution in [0, 0.1) is 6.92 Å². The first-order chi connectivity index (χ1) is 12.2. The van der Waals surface area contributed by atoms with Crippen molar-refractivity contribution in [3.63, 3.8) is 0 Å². The Kier molecular flexibility index (Phi) is 4.31. The lowest BCUT2D eigenvalue weighted by atomic mass is 10.1. The average molecular weight is 354 g/mol. The van der Waals surface area contributed by atoms with E-state index in [9.17, 15) is 4.79 Å². The van der Waals surface area contributed by atoms with E-state index in [0.29, 0.717) is 24.0 Å². The van der Waals surface area contributed by atoms with E-state index in [-0.39, 0.29) is 12.0 Å². The van der Waals surface area contributed by atoms with Crippen LogP contribution in [0.25, 0.3) is 10.2 Å². The number of amides is 1. The summed E-state index contributed by atoms with van der Waals surface area (Å²) in [6.07, 6.45) is 6.29. The van der Waals surface area contributed by atoms with E-state index >= 15 is 0 Å². The molecule has 0 N–H and O–H groups in total. The second-order valence-corrected chi connectivity index (χ2v) is 7.09. The molecule has 0 unspecified atom stereocenters. The molecule has 0 radical (unpaired) electrons. The molecule has 7 heteroatoms. The number of aryl methyl sites for hydroxylation is 1. The van der Waals surface area contributed by atoms with Gasteiger partial charge in [0.15, 0.2) is 0 Å². The molecule has 0 saturated carbocycles. The molecule has 0 spiro atoms. The second kappa shape index (κ2) is 6.76. The molecule has 0 atom stereocenters. The summed E-state index contributed by atoms with van der Waals surface area (Å²) in [5.74, 6) is -0.0674. The van der Waals surface area contributed by atoms with E-state index in [1.54, 1.807) is 17.5 Å². The molecule has 1 fully saturated rings. The van der Waals surface area contributed by atoms with Gasteiger partial charge in [-0.15, -0.1) is 0 Å². The summed E-state index contributed by atoms with van der Waals surface area (Å²) in [5, 5.41) is 0.711. The number of thiazole rings is 1. The summed E-state index contributed by atoms with van der Waals surface area (Å²) in [4.78, 5) is 26.8. The molecule has 1 aliphatic heterocycles. The Hall–Kier alpha value is -2.54. The normalized spacial score (nSPS) is 15.5. The van der Waals surface area contributed by atoms with Crippen LogP contribution >= 0.6 is 11.3 Å². The van der Waals surface area contributed by atoms with Crippen LogP contribution in [0.1, 0.15) is 28.9 Å². The van der Waals surface area contributed by atoms with Gasteiger partial charge in [-0.3, -0.25) is 9.78 Å². The number of carbonyl (C=O) groups excluding carboxylic acids is 1. The fourth-order valence-corrected chi connectivity index (χ4v) is 3.97. The van der Waals surface area contributed by atoms with Crippen molar-refractivity contribution in [1.29, 1.82) is 0 Å². The fourth-order valence-electron chi connectivity index (χ4n) is 3.01. The van der Waals surface area contributed by atoms with Gasteiger partial charge in [-0.25, -0.2) is 9.97 Å². The fraction of sp³-hybridized carbons (Fsp3) is 0.333. The number of nitrogens with zero attached hydrogens (tertiary/aromatic N) is 4. The number of rotatable bonds is 3. The highest BCUT2D eigenvalue weighted by Gasteiger charge is 2.26. The molecule has 1 amide bonds. The minimum absolute atomic E-state index is 0.0674. The highest BCUT2D eigenvalue weighted by molar-refractivity contribution is 7.20. The van der Waals surface area contributed by atoms with E-state index in [0.717, 1.165) is 28.6 Å². The van der Waals surface area contributed by atoms with Crippen LogP contribution in [0.2, 0.25) is 0 Å². The van der Waals surface area contributed by atoms with Gasteiger partial charge in [0.25, 0.3) is 11.1 Å². The number of hydrogen-bond donors (Lipinski definition) is 0. The molecule has 2 aromatic heterocycles. The third kappa shape index (κ3) is 3.32. The molecule has 3 aromatic rings. The van der Waals surface area contributed by atoms with Crippen molar-refractivity contribution in [2.24, 2.45) is 0 Å². The topological polar surface area (TPSA) is 68.2 Å². The number of aromatic nitrogens is 3. The summed E-state index contributed by atoms with van der Waals surface area (Å²) in [6.45, 7) is 3.37. The molecule has 1 aromatic carbocycles. The van der Waals surface area contributed by atoms with Crippen LogP contribution in [0.3, 0.4) is 0 Å². The summed E-state index contributed by atoms with van der Waals surface area (Å²) in [6, 6.07) is 6.16. The van der Waals surface area contributed by atoms with Gasteiger partial charge >= 0.3 is 0 Å². The van der Waals surface area contributed by atoms with Gasteiger partial charge in [0.1, 0.15) is 11.8 Å². The smallest absolute Gasteiger partial charge is 0.274 e. The predicted molar refractivity (Wildman–Crippen MR) is 95.9 cm³/mol. The minimum atomic E-state index is -0.0674. The Morgan fingerprint density at radius 2 is 2.12 bits per heavy atom. The second-order valence-electron chi connectivity index (χ2n) is 6.10. The Bertz CT molecular complexity index is 888. The van der Waals surface area contributed by atoms with E-state index in [1.807, 2.05) is 11.0 Å². The predicted octanol–water partition coefficient (Wildman–Crippen LogP) is 3.08. The number of carbonyl (C=O) groups is 1. The zero-order valence-corrected chi connectivity index (χ0v) is 14.7. The maximum atomic E-state index is 12.4. The molecule has 4 rings (SSSR count). The highest BCUT2D eigenvalue weighted by atomic mass is 32.1. The van der Waals surface area contributed by atoms with Crippen LogP contribution in [0.4, 0.5) is 0 Å². The van der Waals surface area contributed by atoms with Gasteiger partial charge in [0.05, 0.1) is 16.4 Å².